The lowest BCUT2D eigenvalue weighted by Crippen LogP contribution is -2.45. The minimum Gasteiger partial charge on any atom is -0.405 e. The van der Waals surface area contributed by atoms with Crippen LogP contribution < -0.4 is 11.3 Å². The predicted molar refractivity (Wildman–Crippen MR) is 159 cm³/mol. The molecule has 1 aliphatic heterocycles. The van der Waals surface area contributed by atoms with E-state index in [1.54, 1.807) is 36.9 Å². The Labute approximate surface area is 240 Å². The number of halogens is 4. The average Bonchev–Trinajstić information content (AvgIpc) is 2.92. The van der Waals surface area contributed by atoms with E-state index < -0.39 is 11.7 Å². The van der Waals surface area contributed by atoms with Gasteiger partial charge in [-0.1, -0.05) is 62.5 Å². The SMILES string of the molecule is C=C(/C(=C\C)Sc1ncn(CC)c(=O)c1C)N1CCN(C(/C=C\C)=C/C(=C/Cl)C(F)(F)F)CC1.C=CN.CC. The minimum atomic E-state index is -4.52. The Kier molecular flexibility index (Phi) is 17.1. The van der Waals surface area contributed by atoms with Crippen LogP contribution in [0.15, 0.2) is 87.2 Å². The molecule has 0 aliphatic carbocycles. The van der Waals surface area contributed by atoms with Gasteiger partial charge in [0, 0.05) is 60.1 Å². The first-order valence-corrected chi connectivity index (χ1v) is 13.9. The number of rotatable bonds is 8. The molecule has 39 heavy (non-hydrogen) atoms. The van der Waals surface area contributed by atoms with Crippen molar-refractivity contribution in [3.8, 4) is 0 Å². The molecule has 1 aliphatic rings. The van der Waals surface area contributed by atoms with Crippen molar-refractivity contribution in [2.75, 3.05) is 26.2 Å². The third-order valence-corrected chi connectivity index (χ3v) is 6.95. The van der Waals surface area contributed by atoms with Crippen molar-refractivity contribution in [2.45, 2.75) is 59.3 Å². The summed E-state index contributed by atoms with van der Waals surface area (Å²) in [5.41, 5.74) is 6.04. The smallest absolute Gasteiger partial charge is 0.405 e. The Bertz CT molecular complexity index is 1120. The highest BCUT2D eigenvalue weighted by atomic mass is 35.5. The lowest BCUT2D eigenvalue weighted by molar-refractivity contribution is -0.0881. The van der Waals surface area contributed by atoms with Crippen LogP contribution in [0.25, 0.3) is 0 Å². The van der Waals surface area contributed by atoms with E-state index in [9.17, 15) is 18.0 Å². The van der Waals surface area contributed by atoms with Gasteiger partial charge < -0.3 is 15.5 Å². The Morgan fingerprint density at radius 2 is 1.74 bits per heavy atom. The van der Waals surface area contributed by atoms with Gasteiger partial charge in [-0.25, -0.2) is 4.98 Å². The van der Waals surface area contributed by atoms with Crippen molar-refractivity contribution in [2.24, 2.45) is 5.73 Å². The summed E-state index contributed by atoms with van der Waals surface area (Å²) in [7, 11) is 0. The summed E-state index contributed by atoms with van der Waals surface area (Å²) in [5, 5.41) is 0.633. The zero-order chi connectivity index (χ0) is 30.2. The zero-order valence-electron chi connectivity index (χ0n) is 23.7. The van der Waals surface area contributed by atoms with Crippen molar-refractivity contribution in [1.82, 2.24) is 19.4 Å². The summed E-state index contributed by atoms with van der Waals surface area (Å²) in [5.74, 6) is 0. The Balaban J connectivity index is 0.00000269. The second-order valence-electron chi connectivity index (χ2n) is 7.81. The molecule has 0 spiro atoms. The molecule has 218 valence electrons. The number of nitrogens with two attached hydrogens (primary N) is 1. The van der Waals surface area contributed by atoms with Gasteiger partial charge in [-0.3, -0.25) is 9.36 Å². The van der Waals surface area contributed by atoms with Gasteiger partial charge in [0.15, 0.2) is 0 Å². The van der Waals surface area contributed by atoms with Crippen molar-refractivity contribution < 1.29 is 13.2 Å². The van der Waals surface area contributed by atoms with Crippen molar-refractivity contribution >= 4 is 23.4 Å². The third-order valence-electron chi connectivity index (χ3n) is 5.42. The summed E-state index contributed by atoms with van der Waals surface area (Å²) < 4.78 is 41.1. The Hall–Kier alpha value is -2.85. The molecular formula is C28H41ClF3N5OS. The molecule has 0 radical (unpaired) electrons. The van der Waals surface area contributed by atoms with E-state index in [2.05, 4.69) is 28.8 Å². The first-order valence-electron chi connectivity index (χ1n) is 12.6. The van der Waals surface area contributed by atoms with E-state index in [1.165, 1.54) is 18.0 Å². The van der Waals surface area contributed by atoms with Crippen LogP contribution in [0.5, 0.6) is 0 Å². The maximum absolute atomic E-state index is 13.2. The van der Waals surface area contributed by atoms with E-state index in [1.807, 2.05) is 38.7 Å². The number of hydrogen-bond donors (Lipinski definition) is 1. The van der Waals surface area contributed by atoms with Crippen LogP contribution in [0.4, 0.5) is 13.2 Å². The summed E-state index contributed by atoms with van der Waals surface area (Å²) in [4.78, 5) is 21.7. The fourth-order valence-electron chi connectivity index (χ4n) is 3.44. The normalized spacial score (nSPS) is 14.9. The number of alkyl halides is 3. The average molecular weight is 588 g/mol. The number of thioether (sulfide) groups is 1. The first kappa shape index (κ1) is 36.1. The summed E-state index contributed by atoms with van der Waals surface area (Å²) in [6, 6.07) is 0. The Morgan fingerprint density at radius 3 is 2.18 bits per heavy atom. The molecular weight excluding hydrogens is 547 g/mol. The van der Waals surface area contributed by atoms with Crippen LogP contribution in [0.1, 0.15) is 40.2 Å². The monoisotopic (exact) mass is 587 g/mol. The topological polar surface area (TPSA) is 67.4 Å². The molecule has 0 bridgehead atoms. The number of aryl methyl sites for hydroxylation is 1. The van der Waals surface area contributed by atoms with E-state index >= 15 is 0 Å². The lowest BCUT2D eigenvalue weighted by atomic mass is 10.2. The second kappa shape index (κ2) is 18.4. The quantitative estimate of drug-likeness (QED) is 0.201. The lowest BCUT2D eigenvalue weighted by Gasteiger charge is -2.39. The van der Waals surface area contributed by atoms with E-state index in [4.69, 9.17) is 11.6 Å². The van der Waals surface area contributed by atoms with E-state index in [0.717, 1.165) is 16.7 Å². The molecule has 0 aromatic carbocycles. The molecule has 6 nitrogen and oxygen atoms in total. The molecule has 2 N–H and O–H groups in total. The van der Waals surface area contributed by atoms with Crippen molar-refractivity contribution in [1.29, 1.82) is 0 Å². The molecule has 1 aromatic heterocycles. The van der Waals surface area contributed by atoms with E-state index in [0.29, 0.717) is 54.5 Å². The van der Waals surface area contributed by atoms with Crippen LogP contribution in [0, 0.1) is 6.92 Å². The highest BCUT2D eigenvalue weighted by Crippen LogP contribution is 2.33. The van der Waals surface area contributed by atoms with E-state index in [-0.39, 0.29) is 5.56 Å². The molecule has 2 rings (SSSR count). The van der Waals surface area contributed by atoms with Gasteiger partial charge in [0.25, 0.3) is 5.56 Å². The Morgan fingerprint density at radius 1 is 1.21 bits per heavy atom. The molecule has 0 atom stereocenters. The van der Waals surface area contributed by atoms with Crippen LogP contribution in [-0.2, 0) is 6.54 Å². The standard InChI is InChI=1S/C24H30ClF3N4OS.C2H5N.C2H6/c1-6-9-20(14-19(15-25)24(26,27)28)32-12-10-31(11-13-32)18(5)21(7-2)34-22-17(4)23(33)30(8-3)16-29-22;1-2-3;1-2/h6-7,9,14-16H,5,8,10-13H2,1-4H3;2H,1,3H2;1-2H3/b9-6-,19-15-,20-14+,21-7+;;. The van der Waals surface area contributed by atoms with Crippen molar-refractivity contribution in [3.63, 3.8) is 0 Å². The van der Waals surface area contributed by atoms with Gasteiger partial charge in [0.1, 0.15) is 5.03 Å². The summed E-state index contributed by atoms with van der Waals surface area (Å²) >= 11 is 6.82. The number of aromatic nitrogens is 2. The molecule has 11 heteroatoms. The summed E-state index contributed by atoms with van der Waals surface area (Å²) in [6.45, 7) is 21.5. The molecule has 0 amide bonds. The fourth-order valence-corrected chi connectivity index (χ4v) is 4.54. The first-order chi connectivity index (χ1) is 18.5. The molecule has 1 saturated heterocycles. The molecule has 1 aromatic rings. The third kappa shape index (κ3) is 11.0. The van der Waals surface area contributed by atoms with Crippen molar-refractivity contribution in [3.05, 3.63) is 93.3 Å². The molecule has 0 saturated carbocycles. The van der Waals surface area contributed by atoms with Crippen LogP contribution >= 0.6 is 23.4 Å². The van der Waals surface area contributed by atoms with Gasteiger partial charge in [0.05, 0.1) is 11.9 Å². The number of hydrogen-bond acceptors (Lipinski definition) is 6. The number of allylic oxidation sites excluding steroid dienone is 5. The van der Waals surface area contributed by atoms with Crippen LogP contribution in [0.2, 0.25) is 0 Å². The summed E-state index contributed by atoms with van der Waals surface area (Å²) in [6.07, 6.45) is 4.63. The highest BCUT2D eigenvalue weighted by molar-refractivity contribution is 8.03. The van der Waals surface area contributed by atoms with Crippen LogP contribution in [0.3, 0.4) is 0 Å². The maximum Gasteiger partial charge on any atom is 0.417 e. The number of nitrogens with zero attached hydrogens (tertiary/aromatic N) is 4. The predicted octanol–water partition coefficient (Wildman–Crippen LogP) is 6.96. The molecule has 1 fully saturated rings. The fraction of sp³-hybridized carbons (Fsp3) is 0.429. The largest absolute Gasteiger partial charge is 0.417 e. The highest BCUT2D eigenvalue weighted by Gasteiger charge is 2.33. The van der Waals surface area contributed by atoms with Gasteiger partial charge in [-0.05, 0) is 46.0 Å². The minimum absolute atomic E-state index is 0.0674. The molecule has 0 unspecified atom stereocenters. The molecule has 2 heterocycles. The van der Waals surface area contributed by atoms with Gasteiger partial charge in [-0.2, -0.15) is 13.2 Å². The second-order valence-corrected chi connectivity index (χ2v) is 9.06. The van der Waals surface area contributed by atoms with Gasteiger partial charge in [-0.15, -0.1) is 0 Å². The van der Waals surface area contributed by atoms with Crippen LogP contribution in [-0.4, -0.2) is 51.7 Å². The maximum atomic E-state index is 13.2. The zero-order valence-corrected chi connectivity index (χ0v) is 25.3. The van der Waals surface area contributed by atoms with Gasteiger partial charge >= 0.3 is 6.18 Å². The van der Waals surface area contributed by atoms with Gasteiger partial charge in [0.2, 0.25) is 0 Å². The number of piperazine rings is 1.